The Kier molecular flexibility index (Phi) is 5.57. The van der Waals surface area contributed by atoms with E-state index in [1.165, 1.54) is 0 Å². The Labute approximate surface area is 175 Å². The quantitative estimate of drug-likeness (QED) is 0.381. The summed E-state index contributed by atoms with van der Waals surface area (Å²) in [4.78, 5) is 13.3. The number of hydrogen-bond acceptors (Lipinski definition) is 4. The van der Waals surface area contributed by atoms with Crippen molar-refractivity contribution < 1.29 is 13.9 Å². The van der Waals surface area contributed by atoms with Gasteiger partial charge in [0.05, 0.1) is 5.39 Å². The predicted molar refractivity (Wildman–Crippen MR) is 120 cm³/mol. The van der Waals surface area contributed by atoms with Gasteiger partial charge in [0.15, 0.2) is 5.76 Å². The summed E-state index contributed by atoms with van der Waals surface area (Å²) < 4.78 is 17.9. The second-order valence-electron chi connectivity index (χ2n) is 7.42. The number of ether oxygens (including phenoxy) is 2. The molecule has 0 N–H and O–H groups in total. The van der Waals surface area contributed by atoms with Gasteiger partial charge in [-0.25, -0.2) is 0 Å². The molecule has 0 unspecified atom stereocenters. The number of fused-ring (bicyclic) bond motifs is 1. The number of hydrogen-bond donors (Lipinski definition) is 0. The molecule has 30 heavy (non-hydrogen) atoms. The average molecular weight is 400 g/mol. The van der Waals surface area contributed by atoms with Crippen LogP contribution < -0.4 is 14.9 Å². The molecule has 152 valence electrons. The molecule has 0 aliphatic heterocycles. The molecule has 0 aliphatic carbocycles. The largest absolute Gasteiger partial charge is 0.490 e. The van der Waals surface area contributed by atoms with Crippen LogP contribution in [-0.4, -0.2) is 13.2 Å². The van der Waals surface area contributed by atoms with Crippen molar-refractivity contribution in [1.82, 2.24) is 0 Å². The molecule has 0 amide bonds. The summed E-state index contributed by atoms with van der Waals surface area (Å²) in [5.41, 5.74) is 4.29. The molecule has 3 aromatic carbocycles. The summed E-state index contributed by atoms with van der Waals surface area (Å²) in [6.07, 6.45) is 0. The molecule has 0 saturated heterocycles. The van der Waals surface area contributed by atoms with E-state index in [9.17, 15) is 4.79 Å². The lowest BCUT2D eigenvalue weighted by atomic mass is 10.0. The third kappa shape index (κ3) is 4.08. The highest BCUT2D eigenvalue weighted by Crippen LogP contribution is 2.32. The molecular formula is C26H24O4. The highest BCUT2D eigenvalue weighted by atomic mass is 16.5. The zero-order chi connectivity index (χ0) is 21.1. The van der Waals surface area contributed by atoms with Crippen molar-refractivity contribution in [3.8, 4) is 22.8 Å². The molecule has 4 nitrogen and oxygen atoms in total. The van der Waals surface area contributed by atoms with Gasteiger partial charge in [-0.15, -0.1) is 0 Å². The Morgan fingerprint density at radius 3 is 2.23 bits per heavy atom. The number of rotatable bonds is 6. The first-order valence-electron chi connectivity index (χ1n) is 9.98. The van der Waals surface area contributed by atoms with Crippen molar-refractivity contribution in [1.29, 1.82) is 0 Å². The first kappa shape index (κ1) is 19.8. The van der Waals surface area contributed by atoms with Gasteiger partial charge in [0, 0.05) is 5.56 Å². The van der Waals surface area contributed by atoms with Gasteiger partial charge >= 0.3 is 0 Å². The highest BCUT2D eigenvalue weighted by Gasteiger charge is 2.19. The van der Waals surface area contributed by atoms with Crippen molar-refractivity contribution >= 4 is 11.0 Å². The maximum Gasteiger partial charge on any atom is 0.235 e. The van der Waals surface area contributed by atoms with Crippen LogP contribution >= 0.6 is 0 Å². The molecule has 0 aliphatic rings. The van der Waals surface area contributed by atoms with Crippen molar-refractivity contribution in [3.05, 3.63) is 93.6 Å². The maximum atomic E-state index is 13.3. The first-order valence-corrected chi connectivity index (χ1v) is 9.98. The van der Waals surface area contributed by atoms with Gasteiger partial charge in [0.25, 0.3) is 0 Å². The van der Waals surface area contributed by atoms with Gasteiger partial charge in [-0.2, -0.15) is 0 Å². The molecule has 1 heterocycles. The Hall–Kier alpha value is -3.53. The fraction of sp³-hybridized carbons (Fsp3) is 0.192. The Morgan fingerprint density at radius 1 is 0.800 bits per heavy atom. The van der Waals surface area contributed by atoms with Gasteiger partial charge in [-0.05, 0) is 50.1 Å². The summed E-state index contributed by atoms with van der Waals surface area (Å²) >= 11 is 0. The van der Waals surface area contributed by atoms with Crippen LogP contribution in [-0.2, 0) is 0 Å². The maximum absolute atomic E-state index is 13.3. The van der Waals surface area contributed by atoms with Crippen LogP contribution in [0, 0.1) is 20.8 Å². The van der Waals surface area contributed by atoms with Crippen LogP contribution in [0.25, 0.3) is 22.3 Å². The van der Waals surface area contributed by atoms with Gasteiger partial charge in [0.2, 0.25) is 11.2 Å². The van der Waals surface area contributed by atoms with E-state index in [0.29, 0.717) is 23.3 Å². The van der Waals surface area contributed by atoms with Crippen LogP contribution in [0.3, 0.4) is 0 Å². The fourth-order valence-electron chi connectivity index (χ4n) is 3.48. The Balaban J connectivity index is 1.71. The minimum Gasteiger partial charge on any atom is -0.490 e. The normalized spacial score (nSPS) is 10.9. The SMILES string of the molecule is Cc1ccc(-c2oc3c(C)cc(C)cc3c(=O)c2OCCOc2ccccc2)cc1. The van der Waals surface area contributed by atoms with Crippen molar-refractivity contribution in [2.24, 2.45) is 0 Å². The van der Waals surface area contributed by atoms with Crippen LogP contribution in [0.15, 0.2) is 75.9 Å². The number of benzene rings is 3. The van der Waals surface area contributed by atoms with Gasteiger partial charge < -0.3 is 13.9 Å². The van der Waals surface area contributed by atoms with E-state index < -0.39 is 0 Å². The van der Waals surface area contributed by atoms with Gasteiger partial charge in [-0.1, -0.05) is 54.1 Å². The van der Waals surface area contributed by atoms with Crippen molar-refractivity contribution in [2.75, 3.05) is 13.2 Å². The Bertz CT molecular complexity index is 1220. The molecule has 4 heteroatoms. The number of para-hydroxylation sites is 1. The van der Waals surface area contributed by atoms with Crippen LogP contribution in [0.5, 0.6) is 11.5 Å². The van der Waals surface area contributed by atoms with Crippen LogP contribution in [0.4, 0.5) is 0 Å². The third-order valence-electron chi connectivity index (χ3n) is 4.94. The van der Waals surface area contributed by atoms with Crippen molar-refractivity contribution in [3.63, 3.8) is 0 Å². The highest BCUT2D eigenvalue weighted by molar-refractivity contribution is 5.85. The van der Waals surface area contributed by atoms with E-state index in [4.69, 9.17) is 13.9 Å². The average Bonchev–Trinajstić information content (AvgIpc) is 2.74. The molecule has 0 radical (unpaired) electrons. The molecule has 0 saturated carbocycles. The van der Waals surface area contributed by atoms with Crippen LogP contribution in [0.2, 0.25) is 0 Å². The molecule has 0 atom stereocenters. The zero-order valence-electron chi connectivity index (χ0n) is 17.4. The summed E-state index contributed by atoms with van der Waals surface area (Å²) in [6.45, 7) is 6.49. The molecule has 0 fully saturated rings. The first-order chi connectivity index (χ1) is 14.5. The van der Waals surface area contributed by atoms with E-state index in [2.05, 4.69) is 0 Å². The van der Waals surface area contributed by atoms with Crippen LogP contribution in [0.1, 0.15) is 16.7 Å². The lowest BCUT2D eigenvalue weighted by molar-refractivity contribution is 0.214. The third-order valence-corrected chi connectivity index (χ3v) is 4.94. The smallest absolute Gasteiger partial charge is 0.235 e. The standard InChI is InChI=1S/C26H24O4/c1-17-9-11-20(12-10-17)25-26(29-14-13-28-21-7-5-4-6-8-21)23(27)22-16-18(2)15-19(3)24(22)30-25/h4-12,15-16H,13-14H2,1-3H3. The Morgan fingerprint density at radius 2 is 1.50 bits per heavy atom. The number of aryl methyl sites for hydroxylation is 3. The van der Waals surface area contributed by atoms with Crippen molar-refractivity contribution in [2.45, 2.75) is 20.8 Å². The van der Waals surface area contributed by atoms with Gasteiger partial charge in [-0.3, -0.25) is 4.79 Å². The molecule has 4 aromatic rings. The fourth-order valence-corrected chi connectivity index (χ4v) is 3.48. The summed E-state index contributed by atoms with van der Waals surface area (Å²) in [7, 11) is 0. The van der Waals surface area contributed by atoms with E-state index in [-0.39, 0.29) is 17.8 Å². The molecule has 4 rings (SSSR count). The van der Waals surface area contributed by atoms with E-state index >= 15 is 0 Å². The van der Waals surface area contributed by atoms with Gasteiger partial charge in [0.1, 0.15) is 24.5 Å². The van der Waals surface area contributed by atoms with E-state index in [0.717, 1.165) is 28.0 Å². The summed E-state index contributed by atoms with van der Waals surface area (Å²) in [6, 6.07) is 21.2. The molecule has 1 aromatic heterocycles. The molecule has 0 bridgehead atoms. The van der Waals surface area contributed by atoms with E-state index in [1.807, 2.05) is 87.5 Å². The second-order valence-corrected chi connectivity index (χ2v) is 7.42. The summed E-state index contributed by atoms with van der Waals surface area (Å²) in [5, 5.41) is 0.530. The summed E-state index contributed by atoms with van der Waals surface area (Å²) in [5.74, 6) is 1.42. The molecular weight excluding hydrogens is 376 g/mol. The minimum absolute atomic E-state index is 0.168. The topological polar surface area (TPSA) is 48.7 Å². The molecule has 0 spiro atoms. The predicted octanol–water partition coefficient (Wildman–Crippen LogP) is 5.84. The zero-order valence-corrected chi connectivity index (χ0v) is 17.4. The van der Waals surface area contributed by atoms with E-state index in [1.54, 1.807) is 0 Å². The monoisotopic (exact) mass is 400 g/mol. The lowest BCUT2D eigenvalue weighted by Crippen LogP contribution is -2.15. The second kappa shape index (κ2) is 8.46. The minimum atomic E-state index is -0.168. The lowest BCUT2D eigenvalue weighted by Gasteiger charge is -2.14.